The lowest BCUT2D eigenvalue weighted by Gasteiger charge is -2.22. The molecule has 0 aliphatic rings. The van der Waals surface area contributed by atoms with Gasteiger partial charge in [0, 0.05) is 18.0 Å². The second kappa shape index (κ2) is 19.4. The Labute approximate surface area is 314 Å². The normalized spacial score (nSPS) is 11.1. The molecule has 0 heterocycles. The molecule has 0 saturated carbocycles. The number of nitrogens with zero attached hydrogens (tertiary/aromatic N) is 1. The summed E-state index contributed by atoms with van der Waals surface area (Å²) >= 11 is 6.47. The van der Waals surface area contributed by atoms with Crippen LogP contribution >= 0.6 is 11.6 Å². The molecule has 53 heavy (non-hydrogen) atoms. The Morgan fingerprint density at radius 2 is 1.34 bits per heavy atom. The van der Waals surface area contributed by atoms with E-state index in [-0.39, 0.29) is 41.2 Å². The van der Waals surface area contributed by atoms with Crippen molar-refractivity contribution >= 4 is 53.5 Å². The lowest BCUT2D eigenvalue weighted by molar-refractivity contribution is -0.191. The maximum atomic E-state index is 12.9. The van der Waals surface area contributed by atoms with Crippen LogP contribution in [0.4, 0.5) is 15.3 Å². The predicted octanol–water partition coefficient (Wildman–Crippen LogP) is 7.56. The first kappa shape index (κ1) is 43.6. The number of carbonyl (C=O) groups excluding carboxylic acids is 6. The van der Waals surface area contributed by atoms with Crippen molar-refractivity contribution in [3.63, 3.8) is 0 Å². The van der Waals surface area contributed by atoms with Crippen LogP contribution < -0.4 is 20.7 Å². The van der Waals surface area contributed by atoms with Gasteiger partial charge in [-0.25, -0.2) is 19.4 Å². The van der Waals surface area contributed by atoms with E-state index < -0.39 is 29.4 Å². The number of guanidine groups is 1. The smallest absolute Gasteiger partial charge is 0.414 e. The highest BCUT2D eigenvalue weighted by molar-refractivity contribution is 6.31. The van der Waals surface area contributed by atoms with Crippen molar-refractivity contribution in [3.8, 4) is 5.75 Å². The van der Waals surface area contributed by atoms with Gasteiger partial charge in [-0.15, -0.1) is 0 Å². The Balaban J connectivity index is 0.00000313. The van der Waals surface area contributed by atoms with Crippen LogP contribution in [0.5, 0.6) is 5.75 Å². The summed E-state index contributed by atoms with van der Waals surface area (Å²) < 4.78 is 16.0. The highest BCUT2D eigenvalue weighted by Gasteiger charge is 2.22. The summed E-state index contributed by atoms with van der Waals surface area (Å²) in [6.45, 7) is 17.1. The van der Waals surface area contributed by atoms with E-state index in [4.69, 9.17) is 35.4 Å². The first-order chi connectivity index (χ1) is 24.6. The highest BCUT2D eigenvalue weighted by Crippen LogP contribution is 2.26. The lowest BCUT2D eigenvalue weighted by Crippen LogP contribution is -2.47. The highest BCUT2D eigenvalue weighted by atomic mass is 35.5. The second-order valence-corrected chi connectivity index (χ2v) is 15.1. The maximum absolute atomic E-state index is 12.9. The number of esters is 1. The molecule has 0 radical (unpaired) electrons. The Bertz CT molecular complexity index is 1780. The number of carbonyl (C=O) groups is 4. The zero-order valence-corrected chi connectivity index (χ0v) is 32.2. The van der Waals surface area contributed by atoms with Crippen molar-refractivity contribution in [1.82, 2.24) is 16.0 Å². The third-order valence-electron chi connectivity index (χ3n) is 6.72. The van der Waals surface area contributed by atoms with Crippen LogP contribution in [0.1, 0.15) is 95.8 Å². The van der Waals surface area contributed by atoms with E-state index in [9.17, 15) is 19.2 Å². The summed E-state index contributed by atoms with van der Waals surface area (Å²) in [6.07, 6.45) is -0.762. The predicted molar refractivity (Wildman–Crippen MR) is 199 cm³/mol. The fourth-order valence-electron chi connectivity index (χ4n) is 4.33. The molecular formula is C39H47ClN4O9. The molecule has 0 unspecified atom stereocenters. The molecule has 3 aromatic carbocycles. The third-order valence-corrected chi connectivity index (χ3v) is 7.07. The van der Waals surface area contributed by atoms with Crippen LogP contribution in [0, 0.1) is 0 Å². The SMILES string of the molecule is CC(C)(C)OC(=O)NC(=Nc1ccc(C(=O)Oc2ccc(CCC(=O)NCc3cccc(C(C)(C)C)c3)c(Cl)c2)cc1)NC(=O)OC(C)(C)C.O=C=O. The van der Waals surface area contributed by atoms with Crippen LogP contribution in [0.15, 0.2) is 71.7 Å². The van der Waals surface area contributed by atoms with Gasteiger partial charge in [0.1, 0.15) is 17.0 Å². The van der Waals surface area contributed by atoms with E-state index in [2.05, 4.69) is 53.8 Å². The number of halogens is 1. The molecular weight excluding hydrogens is 704 g/mol. The van der Waals surface area contributed by atoms with Crippen LogP contribution in [0.25, 0.3) is 0 Å². The van der Waals surface area contributed by atoms with E-state index in [0.29, 0.717) is 23.7 Å². The van der Waals surface area contributed by atoms with Crippen molar-refractivity contribution in [2.24, 2.45) is 4.99 Å². The minimum atomic E-state index is -0.835. The number of rotatable bonds is 8. The van der Waals surface area contributed by atoms with Gasteiger partial charge in [-0.3, -0.25) is 15.4 Å². The van der Waals surface area contributed by atoms with Gasteiger partial charge in [0.25, 0.3) is 0 Å². The van der Waals surface area contributed by atoms with Gasteiger partial charge in [0.05, 0.1) is 11.3 Å². The maximum Gasteiger partial charge on any atom is 0.414 e. The molecule has 0 bridgehead atoms. The molecule has 13 nitrogen and oxygen atoms in total. The number of amides is 3. The molecule has 0 spiro atoms. The van der Waals surface area contributed by atoms with E-state index in [1.165, 1.54) is 35.9 Å². The van der Waals surface area contributed by atoms with Gasteiger partial charge in [0.15, 0.2) is 0 Å². The molecule has 3 amide bonds. The third kappa shape index (κ3) is 17.0. The second-order valence-electron chi connectivity index (χ2n) is 14.7. The van der Waals surface area contributed by atoms with Crippen molar-refractivity contribution in [1.29, 1.82) is 0 Å². The largest absolute Gasteiger partial charge is 0.444 e. The molecule has 0 aliphatic heterocycles. The molecule has 14 heteroatoms. The summed E-state index contributed by atoms with van der Waals surface area (Å²) in [5.41, 5.74) is 1.95. The number of aliphatic imine (C=N–C) groups is 1. The average Bonchev–Trinajstić information content (AvgIpc) is 3.02. The number of nitrogens with one attached hydrogen (secondary N) is 3. The number of ether oxygens (including phenoxy) is 3. The first-order valence-electron chi connectivity index (χ1n) is 16.6. The van der Waals surface area contributed by atoms with Gasteiger partial charge < -0.3 is 19.5 Å². The van der Waals surface area contributed by atoms with E-state index in [1.54, 1.807) is 53.7 Å². The fourth-order valence-corrected chi connectivity index (χ4v) is 4.60. The molecule has 3 N–H and O–H groups in total. The summed E-state index contributed by atoms with van der Waals surface area (Å²) in [6, 6.07) is 19.0. The fraction of sp³-hybridized carbons (Fsp3) is 0.385. The minimum absolute atomic E-state index is 0.0222. The minimum Gasteiger partial charge on any atom is -0.444 e. The number of hydrogen-bond acceptors (Lipinski definition) is 10. The molecule has 0 saturated heterocycles. The summed E-state index contributed by atoms with van der Waals surface area (Å²) in [7, 11) is 0. The van der Waals surface area contributed by atoms with E-state index in [0.717, 1.165) is 11.1 Å². The molecule has 0 aliphatic carbocycles. The lowest BCUT2D eigenvalue weighted by atomic mass is 9.86. The molecule has 3 rings (SSSR count). The number of alkyl carbamates (subject to hydrolysis) is 2. The standard InChI is InChI=1S/C38H47ClN4O7.CO2/c1-36(2,3)27-12-10-11-24(21-27)23-40-31(44)20-16-25-15-19-29(22-30(25)39)48-32(45)26-13-17-28(18-14-26)41-33(42-34(46)49-37(4,5)6)43-35(47)50-38(7,8)9;2-1-3/h10-15,17-19,21-22H,16,20,23H2,1-9H3,(H,40,44)(H2,41,42,43,46,47);. The van der Waals surface area contributed by atoms with Crippen LogP contribution in [0.2, 0.25) is 5.02 Å². The van der Waals surface area contributed by atoms with Crippen molar-refractivity contribution in [3.05, 3.63) is 94.0 Å². The number of hydrogen-bond donors (Lipinski definition) is 3. The molecule has 3 aromatic rings. The first-order valence-corrected chi connectivity index (χ1v) is 17.0. The molecule has 0 aromatic heterocycles. The Morgan fingerprint density at radius 3 is 1.85 bits per heavy atom. The van der Waals surface area contributed by atoms with E-state index in [1.807, 2.05) is 12.1 Å². The van der Waals surface area contributed by atoms with Crippen LogP contribution in [0.3, 0.4) is 0 Å². The number of benzene rings is 3. The van der Waals surface area contributed by atoms with Crippen molar-refractivity contribution in [2.45, 2.75) is 98.3 Å². The van der Waals surface area contributed by atoms with Gasteiger partial charge in [0.2, 0.25) is 11.9 Å². The van der Waals surface area contributed by atoms with Gasteiger partial charge in [-0.1, -0.05) is 62.7 Å². The van der Waals surface area contributed by atoms with Crippen LogP contribution in [-0.4, -0.2) is 47.4 Å². The Hall–Kier alpha value is -5.52. The molecule has 284 valence electrons. The van der Waals surface area contributed by atoms with E-state index >= 15 is 0 Å². The summed E-state index contributed by atoms with van der Waals surface area (Å²) in [4.78, 5) is 70.7. The summed E-state index contributed by atoms with van der Waals surface area (Å²) in [5.74, 6) is -0.738. The quantitative estimate of drug-likeness (QED) is 0.0907. The van der Waals surface area contributed by atoms with Gasteiger partial charge in [-0.05, 0) is 106 Å². The summed E-state index contributed by atoms with van der Waals surface area (Å²) in [5, 5.41) is 8.14. The monoisotopic (exact) mass is 750 g/mol. The van der Waals surface area contributed by atoms with Gasteiger partial charge in [-0.2, -0.15) is 9.59 Å². The number of aryl methyl sites for hydroxylation is 1. The molecule has 0 fully saturated rings. The zero-order valence-electron chi connectivity index (χ0n) is 31.5. The topological polar surface area (TPSA) is 179 Å². The molecule has 0 atom stereocenters. The Morgan fingerprint density at radius 1 is 0.774 bits per heavy atom. The van der Waals surface area contributed by atoms with Crippen molar-refractivity contribution in [2.75, 3.05) is 0 Å². The average molecular weight is 751 g/mol. The van der Waals surface area contributed by atoms with Crippen molar-refractivity contribution < 1.29 is 43.0 Å². The Kier molecular flexibility index (Phi) is 15.9. The van der Waals surface area contributed by atoms with Gasteiger partial charge >= 0.3 is 24.3 Å². The zero-order chi connectivity index (χ0) is 40.0. The van der Waals surface area contributed by atoms with Crippen LogP contribution in [-0.2, 0) is 42.2 Å².